The number of likely N-dealkylation sites (N-methyl/N-ethyl adjacent to an activating group) is 1. The third-order valence-electron chi connectivity index (χ3n) is 3.07. The molecule has 0 aliphatic carbocycles. The lowest BCUT2D eigenvalue weighted by molar-refractivity contribution is 0.0523. The van der Waals surface area contributed by atoms with Crippen molar-refractivity contribution >= 4 is 12.1 Å². The zero-order chi connectivity index (χ0) is 15.2. The minimum absolute atomic E-state index is 0.0377. The van der Waals surface area contributed by atoms with Crippen molar-refractivity contribution in [3.63, 3.8) is 0 Å². The molecule has 3 amide bonds. The third-order valence-corrected chi connectivity index (χ3v) is 3.07. The molecule has 0 spiro atoms. The van der Waals surface area contributed by atoms with Crippen molar-refractivity contribution in [3.8, 4) is 0 Å². The molecule has 1 heterocycles. The van der Waals surface area contributed by atoms with Gasteiger partial charge in [-0.15, -0.1) is 0 Å². The Balaban J connectivity index is 2.23. The smallest absolute Gasteiger partial charge is 0.407 e. The number of carbonyl (C=O) groups is 2. The summed E-state index contributed by atoms with van der Waals surface area (Å²) in [6.45, 7) is 8.00. The maximum Gasteiger partial charge on any atom is 0.407 e. The summed E-state index contributed by atoms with van der Waals surface area (Å²) in [5.41, 5.74) is -0.500. The van der Waals surface area contributed by atoms with Crippen molar-refractivity contribution in [2.24, 2.45) is 0 Å². The van der Waals surface area contributed by atoms with Crippen molar-refractivity contribution in [2.75, 3.05) is 33.2 Å². The van der Waals surface area contributed by atoms with Gasteiger partial charge < -0.3 is 19.9 Å². The minimum Gasteiger partial charge on any atom is -0.444 e. The number of hydrogen-bond donors (Lipinski definition) is 1. The van der Waals surface area contributed by atoms with E-state index in [0.29, 0.717) is 13.1 Å². The van der Waals surface area contributed by atoms with Crippen molar-refractivity contribution in [1.29, 1.82) is 0 Å². The second-order valence-electron chi connectivity index (χ2n) is 6.18. The van der Waals surface area contributed by atoms with Crippen LogP contribution in [0.25, 0.3) is 0 Å². The molecule has 0 aromatic carbocycles. The molecule has 6 heteroatoms. The Hall–Kier alpha value is -1.46. The highest BCUT2D eigenvalue weighted by molar-refractivity contribution is 5.74. The van der Waals surface area contributed by atoms with E-state index in [1.807, 2.05) is 25.7 Å². The van der Waals surface area contributed by atoms with Crippen LogP contribution in [0.1, 0.15) is 40.0 Å². The molecule has 0 saturated carbocycles. The molecule has 0 radical (unpaired) electrons. The summed E-state index contributed by atoms with van der Waals surface area (Å²) in [5, 5.41) is 2.65. The van der Waals surface area contributed by atoms with Crippen molar-refractivity contribution in [3.05, 3.63) is 0 Å². The monoisotopic (exact) mass is 285 g/mol. The van der Waals surface area contributed by atoms with Gasteiger partial charge in [0.1, 0.15) is 5.60 Å². The standard InChI is InChI=1S/C14H27N3O3/c1-14(2,3)20-12(18)15-8-11-16(4)13(19)17-9-6-5-7-10-17/h5-11H2,1-4H3,(H,15,18). The van der Waals surface area contributed by atoms with Gasteiger partial charge in [-0.1, -0.05) is 0 Å². The summed E-state index contributed by atoms with van der Waals surface area (Å²) in [5.74, 6) is 0. The maximum atomic E-state index is 12.1. The Morgan fingerprint density at radius 1 is 1.20 bits per heavy atom. The van der Waals surface area contributed by atoms with E-state index in [2.05, 4.69) is 5.32 Å². The largest absolute Gasteiger partial charge is 0.444 e. The van der Waals surface area contributed by atoms with E-state index in [1.165, 1.54) is 6.42 Å². The average Bonchev–Trinajstić information content (AvgIpc) is 2.36. The molecule has 1 saturated heterocycles. The van der Waals surface area contributed by atoms with Gasteiger partial charge in [-0.05, 0) is 40.0 Å². The Morgan fingerprint density at radius 2 is 1.80 bits per heavy atom. The van der Waals surface area contributed by atoms with Gasteiger partial charge in [-0.2, -0.15) is 0 Å². The number of amides is 3. The molecule has 0 bridgehead atoms. The molecule has 1 aliphatic rings. The topological polar surface area (TPSA) is 61.9 Å². The van der Waals surface area contributed by atoms with Gasteiger partial charge >= 0.3 is 12.1 Å². The van der Waals surface area contributed by atoms with Crippen LogP contribution in [0.5, 0.6) is 0 Å². The molecule has 1 aliphatic heterocycles. The summed E-state index contributed by atoms with van der Waals surface area (Å²) >= 11 is 0. The van der Waals surface area contributed by atoms with Crippen LogP contribution in [0.2, 0.25) is 0 Å². The second kappa shape index (κ2) is 7.36. The van der Waals surface area contributed by atoms with Crippen LogP contribution in [0.3, 0.4) is 0 Å². The number of hydrogen-bond acceptors (Lipinski definition) is 3. The Bertz CT molecular complexity index is 333. The lowest BCUT2D eigenvalue weighted by Gasteiger charge is -2.31. The first-order valence-corrected chi connectivity index (χ1v) is 7.26. The van der Waals surface area contributed by atoms with Crippen molar-refractivity contribution in [2.45, 2.75) is 45.6 Å². The van der Waals surface area contributed by atoms with Gasteiger partial charge in [-0.25, -0.2) is 9.59 Å². The number of alkyl carbamates (subject to hydrolysis) is 1. The van der Waals surface area contributed by atoms with E-state index < -0.39 is 11.7 Å². The van der Waals surface area contributed by atoms with Crippen molar-refractivity contribution < 1.29 is 14.3 Å². The number of urea groups is 1. The molecule has 1 N–H and O–H groups in total. The second-order valence-corrected chi connectivity index (χ2v) is 6.18. The highest BCUT2D eigenvalue weighted by Gasteiger charge is 2.20. The molecule has 20 heavy (non-hydrogen) atoms. The van der Waals surface area contributed by atoms with Crippen LogP contribution in [-0.2, 0) is 4.74 Å². The minimum atomic E-state index is -0.500. The van der Waals surface area contributed by atoms with Gasteiger partial charge in [0.15, 0.2) is 0 Å². The van der Waals surface area contributed by atoms with E-state index in [0.717, 1.165) is 25.9 Å². The fourth-order valence-corrected chi connectivity index (χ4v) is 2.06. The van der Waals surface area contributed by atoms with E-state index in [-0.39, 0.29) is 6.03 Å². The quantitative estimate of drug-likeness (QED) is 0.863. The average molecular weight is 285 g/mol. The third kappa shape index (κ3) is 6.12. The summed E-state index contributed by atoms with van der Waals surface area (Å²) in [7, 11) is 1.76. The van der Waals surface area contributed by atoms with Gasteiger partial charge in [0.05, 0.1) is 0 Å². The van der Waals surface area contributed by atoms with Crippen LogP contribution in [-0.4, -0.2) is 60.8 Å². The van der Waals surface area contributed by atoms with Gasteiger partial charge in [0, 0.05) is 33.2 Å². The number of nitrogens with zero attached hydrogens (tertiary/aromatic N) is 2. The predicted octanol–water partition coefficient (Wildman–Crippen LogP) is 2.05. The number of rotatable bonds is 3. The van der Waals surface area contributed by atoms with E-state index in [9.17, 15) is 9.59 Å². The first-order valence-electron chi connectivity index (χ1n) is 7.26. The molecular weight excluding hydrogens is 258 g/mol. The molecule has 1 fully saturated rings. The van der Waals surface area contributed by atoms with Crippen LogP contribution in [0.4, 0.5) is 9.59 Å². The summed E-state index contributed by atoms with van der Waals surface area (Å²) in [6, 6.07) is 0.0377. The van der Waals surface area contributed by atoms with Gasteiger partial charge in [0.2, 0.25) is 0 Å². The number of nitrogens with one attached hydrogen (secondary N) is 1. The molecule has 116 valence electrons. The molecule has 0 atom stereocenters. The molecule has 1 rings (SSSR count). The predicted molar refractivity (Wildman–Crippen MR) is 77.7 cm³/mol. The number of ether oxygens (including phenoxy) is 1. The lowest BCUT2D eigenvalue weighted by Crippen LogP contribution is -2.46. The van der Waals surface area contributed by atoms with Crippen LogP contribution >= 0.6 is 0 Å². The molecule has 6 nitrogen and oxygen atoms in total. The number of piperidine rings is 1. The zero-order valence-electron chi connectivity index (χ0n) is 13.1. The summed E-state index contributed by atoms with van der Waals surface area (Å²) < 4.78 is 5.13. The van der Waals surface area contributed by atoms with E-state index in [1.54, 1.807) is 11.9 Å². The SMILES string of the molecule is CN(CCNC(=O)OC(C)(C)C)C(=O)N1CCCCC1. The lowest BCUT2D eigenvalue weighted by atomic mass is 10.1. The first kappa shape index (κ1) is 16.6. The normalized spacial score (nSPS) is 15.7. The Labute approximate surface area is 121 Å². The molecule has 0 aromatic rings. The van der Waals surface area contributed by atoms with Gasteiger partial charge in [0.25, 0.3) is 0 Å². The van der Waals surface area contributed by atoms with Crippen LogP contribution < -0.4 is 5.32 Å². The highest BCUT2D eigenvalue weighted by atomic mass is 16.6. The molecular formula is C14H27N3O3. The van der Waals surface area contributed by atoms with Gasteiger partial charge in [-0.3, -0.25) is 0 Å². The number of likely N-dealkylation sites (tertiary alicyclic amines) is 1. The highest BCUT2D eigenvalue weighted by Crippen LogP contribution is 2.10. The fourth-order valence-electron chi connectivity index (χ4n) is 2.06. The van der Waals surface area contributed by atoms with E-state index in [4.69, 9.17) is 4.74 Å². The maximum absolute atomic E-state index is 12.1. The van der Waals surface area contributed by atoms with Crippen LogP contribution in [0, 0.1) is 0 Å². The molecule has 0 aromatic heterocycles. The number of carbonyl (C=O) groups excluding carboxylic acids is 2. The fraction of sp³-hybridized carbons (Fsp3) is 0.857. The van der Waals surface area contributed by atoms with Crippen molar-refractivity contribution in [1.82, 2.24) is 15.1 Å². The summed E-state index contributed by atoms with van der Waals surface area (Å²) in [6.07, 6.45) is 2.91. The Kier molecular flexibility index (Phi) is 6.10. The van der Waals surface area contributed by atoms with E-state index >= 15 is 0 Å². The van der Waals surface area contributed by atoms with Crippen LogP contribution in [0.15, 0.2) is 0 Å². The molecule has 0 unspecified atom stereocenters. The zero-order valence-corrected chi connectivity index (χ0v) is 13.1. The Morgan fingerprint density at radius 3 is 2.35 bits per heavy atom. The first-order chi connectivity index (χ1) is 9.29. The summed E-state index contributed by atoms with van der Waals surface area (Å²) in [4.78, 5) is 27.1.